The standard InChI is InChI=1S/C50H34BN2O2.Pt/c1-50(2,3)33-25-31(24-32(26-33)41-27-30(22-23-52-41)29-12-5-4-6-13-29)40-21-20-36-34-14-7-8-15-35(34)46-45-37-16-11-19-44-48(37)51(38-17-9-10-18-43(38)55-44)39(45)28-42(54)47(46)49(36)53-40;/h4-23,25-28,54H,1-3H3;/q-1;. The number of phenols is 1. The van der Waals surface area contributed by atoms with E-state index in [-0.39, 0.29) is 38.9 Å². The number of phenolic OH excluding ortho intramolecular Hbond substituents is 1. The number of pyridine rings is 2. The van der Waals surface area contributed by atoms with Crippen molar-refractivity contribution in [2.45, 2.75) is 26.2 Å². The molecule has 4 heterocycles. The van der Waals surface area contributed by atoms with Crippen molar-refractivity contribution in [3.8, 4) is 62.0 Å². The maximum absolute atomic E-state index is 12.3. The summed E-state index contributed by atoms with van der Waals surface area (Å²) in [6.45, 7) is 6.64. The summed E-state index contributed by atoms with van der Waals surface area (Å²) in [6.07, 6.45) is 1.87. The first-order valence-electron chi connectivity index (χ1n) is 18.8. The Kier molecular flexibility index (Phi) is 7.85. The van der Waals surface area contributed by atoms with Crippen molar-refractivity contribution >= 4 is 55.5 Å². The fourth-order valence-electron chi connectivity index (χ4n) is 8.89. The number of nitrogens with zero attached hydrogens (tertiary/aromatic N) is 2. The van der Waals surface area contributed by atoms with Crippen LogP contribution in [0.15, 0.2) is 146 Å². The molecule has 1 N–H and O–H groups in total. The molecule has 0 atom stereocenters. The topological polar surface area (TPSA) is 55.2 Å². The number of aromatic nitrogens is 2. The Morgan fingerprint density at radius 1 is 0.625 bits per heavy atom. The summed E-state index contributed by atoms with van der Waals surface area (Å²) in [5, 5.41) is 17.2. The van der Waals surface area contributed by atoms with Gasteiger partial charge in [-0.3, -0.25) is 9.97 Å². The van der Waals surface area contributed by atoms with Gasteiger partial charge in [-0.2, -0.15) is 0 Å². The van der Waals surface area contributed by atoms with Crippen molar-refractivity contribution in [2.75, 3.05) is 0 Å². The van der Waals surface area contributed by atoms with E-state index in [1.54, 1.807) is 0 Å². The molecular weight excluding hydrogens is 866 g/mol. The number of hydrogen-bond donors (Lipinski definition) is 1. The summed E-state index contributed by atoms with van der Waals surface area (Å²) >= 11 is 0. The van der Waals surface area contributed by atoms with Gasteiger partial charge in [-0.1, -0.05) is 140 Å². The molecule has 4 nitrogen and oxygen atoms in total. The monoisotopic (exact) mass is 900 g/mol. The van der Waals surface area contributed by atoms with Gasteiger partial charge in [0.2, 0.25) is 0 Å². The van der Waals surface area contributed by atoms with E-state index in [1.165, 1.54) is 5.56 Å². The number of benzene rings is 7. The first-order valence-corrected chi connectivity index (χ1v) is 18.8. The Hall–Kier alpha value is -6.03. The second-order valence-electron chi connectivity index (χ2n) is 15.8. The average molecular weight is 901 g/mol. The zero-order valence-corrected chi connectivity index (χ0v) is 33.3. The molecular formula is C50H34BN2O2Pt-. The summed E-state index contributed by atoms with van der Waals surface area (Å²) in [5.74, 6) is 1.95. The third-order valence-corrected chi connectivity index (χ3v) is 11.5. The van der Waals surface area contributed by atoms with Crippen LogP contribution in [0.2, 0.25) is 0 Å². The van der Waals surface area contributed by atoms with E-state index in [4.69, 9.17) is 14.7 Å². The van der Waals surface area contributed by atoms with E-state index >= 15 is 0 Å². The van der Waals surface area contributed by atoms with Crippen LogP contribution in [0.25, 0.3) is 77.2 Å². The molecule has 0 aliphatic carbocycles. The molecule has 0 bridgehead atoms. The summed E-state index contributed by atoms with van der Waals surface area (Å²) in [6, 6.07) is 52.0. The van der Waals surface area contributed by atoms with Crippen molar-refractivity contribution in [2.24, 2.45) is 0 Å². The van der Waals surface area contributed by atoms with Crippen LogP contribution in [-0.2, 0) is 26.5 Å². The van der Waals surface area contributed by atoms with E-state index in [0.29, 0.717) is 0 Å². The Morgan fingerprint density at radius 3 is 2.18 bits per heavy atom. The van der Waals surface area contributed by atoms with Crippen LogP contribution in [0.4, 0.5) is 0 Å². The minimum absolute atomic E-state index is 0. The van der Waals surface area contributed by atoms with Crippen molar-refractivity contribution in [1.82, 2.24) is 9.97 Å². The predicted molar refractivity (Wildman–Crippen MR) is 227 cm³/mol. The average Bonchev–Trinajstić information content (AvgIpc) is 3.55. The summed E-state index contributed by atoms with van der Waals surface area (Å²) in [4.78, 5) is 10.3. The minimum atomic E-state index is -0.136. The van der Waals surface area contributed by atoms with Gasteiger partial charge in [-0.05, 0) is 73.6 Å². The van der Waals surface area contributed by atoms with Crippen LogP contribution in [0.5, 0.6) is 17.2 Å². The molecule has 0 saturated heterocycles. The van der Waals surface area contributed by atoms with E-state index in [0.717, 1.165) is 105 Å². The number of para-hydroxylation sites is 1. The summed E-state index contributed by atoms with van der Waals surface area (Å²) in [5.41, 5.74) is 13.1. The first-order chi connectivity index (χ1) is 26.8. The van der Waals surface area contributed by atoms with Crippen molar-refractivity contribution in [3.05, 3.63) is 157 Å². The van der Waals surface area contributed by atoms with Crippen molar-refractivity contribution in [3.63, 3.8) is 0 Å². The summed E-state index contributed by atoms with van der Waals surface area (Å²) in [7, 11) is 0. The normalized spacial score (nSPS) is 12.6. The third kappa shape index (κ3) is 5.18. The molecule has 0 unspecified atom stereocenters. The molecule has 6 heteroatoms. The van der Waals surface area contributed by atoms with Crippen LogP contribution in [-0.4, -0.2) is 21.8 Å². The van der Waals surface area contributed by atoms with Gasteiger partial charge in [0.25, 0.3) is 6.71 Å². The smallest absolute Gasteiger partial charge is 0.252 e. The minimum Gasteiger partial charge on any atom is -0.507 e. The molecule has 2 aliphatic rings. The molecule has 0 radical (unpaired) electrons. The van der Waals surface area contributed by atoms with Crippen LogP contribution in [0, 0.1) is 6.07 Å². The molecule has 9 aromatic rings. The van der Waals surface area contributed by atoms with Crippen molar-refractivity contribution in [1.29, 1.82) is 0 Å². The Balaban J connectivity index is 0.00000384. The SMILES string of the molecule is CC(C)(C)c1cc(-c2cc(-c3ccccc3)ccn2)[c-]c(-c2ccc3c4ccccc4c4c5c(cc(O)c4c3n2)B2c3ccccc3Oc3cccc-5c32)c1.[Pt]. The van der Waals surface area contributed by atoms with Crippen LogP contribution in [0.1, 0.15) is 26.3 Å². The maximum Gasteiger partial charge on any atom is 0.252 e. The molecule has 11 rings (SSSR count). The van der Waals surface area contributed by atoms with Crippen LogP contribution < -0.4 is 21.1 Å². The zero-order valence-electron chi connectivity index (χ0n) is 31.0. The summed E-state index contributed by atoms with van der Waals surface area (Å²) < 4.78 is 6.49. The molecule has 0 fully saturated rings. The molecule has 0 saturated carbocycles. The second-order valence-corrected chi connectivity index (χ2v) is 15.8. The van der Waals surface area contributed by atoms with Crippen LogP contribution in [0.3, 0.4) is 0 Å². The van der Waals surface area contributed by atoms with Gasteiger partial charge in [0.05, 0.1) is 10.9 Å². The Morgan fingerprint density at radius 2 is 1.36 bits per heavy atom. The second kappa shape index (κ2) is 12.8. The Labute approximate surface area is 340 Å². The van der Waals surface area contributed by atoms with Gasteiger partial charge in [-0.25, -0.2) is 0 Å². The number of hydrogen-bond acceptors (Lipinski definition) is 4. The zero-order chi connectivity index (χ0) is 37.0. The number of aromatic hydroxyl groups is 1. The van der Waals surface area contributed by atoms with E-state index in [9.17, 15) is 5.11 Å². The van der Waals surface area contributed by atoms with Gasteiger partial charge in [0, 0.05) is 49.4 Å². The number of fused-ring (bicyclic) bond motifs is 12. The molecule has 7 aromatic carbocycles. The number of ether oxygens (including phenoxy) is 1. The van der Waals surface area contributed by atoms with E-state index < -0.39 is 0 Å². The van der Waals surface area contributed by atoms with Gasteiger partial charge in [0.1, 0.15) is 17.2 Å². The van der Waals surface area contributed by atoms with E-state index in [2.05, 4.69) is 142 Å². The number of rotatable bonds is 3. The van der Waals surface area contributed by atoms with Crippen molar-refractivity contribution < 1.29 is 30.9 Å². The van der Waals surface area contributed by atoms with E-state index in [1.807, 2.05) is 30.5 Å². The largest absolute Gasteiger partial charge is 0.507 e. The molecule has 56 heavy (non-hydrogen) atoms. The quantitative estimate of drug-likeness (QED) is 0.109. The molecule has 270 valence electrons. The molecule has 2 aromatic heterocycles. The van der Waals surface area contributed by atoms with Gasteiger partial charge >= 0.3 is 0 Å². The molecule has 0 spiro atoms. The van der Waals surface area contributed by atoms with Gasteiger partial charge < -0.3 is 9.84 Å². The third-order valence-electron chi connectivity index (χ3n) is 11.5. The van der Waals surface area contributed by atoms with Gasteiger partial charge in [-0.15, -0.1) is 23.8 Å². The Bertz CT molecular complexity index is 3080. The maximum atomic E-state index is 12.3. The van der Waals surface area contributed by atoms with Gasteiger partial charge in [0.15, 0.2) is 0 Å². The molecule has 0 amide bonds. The fourth-order valence-corrected chi connectivity index (χ4v) is 8.89. The molecule has 2 aliphatic heterocycles. The first kappa shape index (κ1) is 34.5. The van der Waals surface area contributed by atoms with Crippen LogP contribution >= 0.6 is 0 Å². The predicted octanol–water partition coefficient (Wildman–Crippen LogP) is 10.3. The fraction of sp³-hybridized carbons (Fsp3) is 0.0800.